The highest BCUT2D eigenvalue weighted by atomic mass is 32.2. The van der Waals surface area contributed by atoms with E-state index < -0.39 is 0 Å². The smallest absolute Gasteiger partial charge is 0.316 e. The van der Waals surface area contributed by atoms with Crippen LogP contribution < -0.4 is 0 Å². The number of carbonyl (C=O) groups excluding carboxylic acids is 1. The molecule has 2 aliphatic carbocycles. The van der Waals surface area contributed by atoms with E-state index >= 15 is 0 Å². The zero-order valence-corrected chi connectivity index (χ0v) is 19.3. The van der Waals surface area contributed by atoms with Crippen LogP contribution in [0.2, 0.25) is 0 Å². The van der Waals surface area contributed by atoms with Crippen molar-refractivity contribution in [2.24, 2.45) is 11.8 Å². The van der Waals surface area contributed by atoms with Crippen molar-refractivity contribution in [1.29, 1.82) is 0 Å². The maximum atomic E-state index is 12.6. The van der Waals surface area contributed by atoms with Gasteiger partial charge in [-0.1, -0.05) is 68.1 Å². The molecule has 2 saturated carbocycles. The Labute approximate surface area is 189 Å². The average molecular weight is 433 g/mol. The Morgan fingerprint density at radius 2 is 1.65 bits per heavy atom. The third-order valence-electron chi connectivity index (χ3n) is 7.42. The molecular formula is C28H32O2S. The van der Waals surface area contributed by atoms with E-state index in [-0.39, 0.29) is 11.6 Å². The summed E-state index contributed by atoms with van der Waals surface area (Å²) in [6.45, 7) is 2.16. The summed E-state index contributed by atoms with van der Waals surface area (Å²) in [5, 5.41) is 5.06. The lowest BCUT2D eigenvalue weighted by atomic mass is 9.66. The molecule has 162 valence electrons. The van der Waals surface area contributed by atoms with Gasteiger partial charge in [-0.2, -0.15) is 0 Å². The van der Waals surface area contributed by atoms with Crippen LogP contribution in [-0.2, 0) is 15.3 Å². The van der Waals surface area contributed by atoms with Crippen LogP contribution in [0.5, 0.6) is 0 Å². The Morgan fingerprint density at radius 3 is 2.45 bits per heavy atom. The Morgan fingerprint density at radius 1 is 0.935 bits per heavy atom. The minimum atomic E-state index is -0.250. The third-order valence-corrected chi connectivity index (χ3v) is 8.40. The van der Waals surface area contributed by atoms with Gasteiger partial charge in [0.25, 0.3) is 0 Å². The predicted molar refractivity (Wildman–Crippen MR) is 131 cm³/mol. The van der Waals surface area contributed by atoms with Crippen molar-refractivity contribution < 1.29 is 9.53 Å². The first-order valence-electron chi connectivity index (χ1n) is 11.8. The molecule has 0 radical (unpaired) electrons. The quantitative estimate of drug-likeness (QED) is 0.308. The lowest BCUT2D eigenvalue weighted by molar-refractivity contribution is -0.161. The topological polar surface area (TPSA) is 26.3 Å². The fourth-order valence-corrected chi connectivity index (χ4v) is 6.55. The molecule has 31 heavy (non-hydrogen) atoms. The first-order valence-corrected chi connectivity index (χ1v) is 12.9. The van der Waals surface area contributed by atoms with Gasteiger partial charge in [0, 0.05) is 5.75 Å². The molecule has 0 amide bonds. The van der Waals surface area contributed by atoms with E-state index in [0.717, 1.165) is 30.4 Å². The van der Waals surface area contributed by atoms with Gasteiger partial charge in [-0.15, -0.1) is 11.8 Å². The number of thioether (sulfide) groups is 1. The Balaban J connectivity index is 1.16. The molecule has 0 aliphatic heterocycles. The summed E-state index contributed by atoms with van der Waals surface area (Å²) in [4.78, 5) is 12.6. The van der Waals surface area contributed by atoms with Gasteiger partial charge in [-0.25, -0.2) is 0 Å². The lowest BCUT2D eigenvalue weighted by Gasteiger charge is -2.44. The molecule has 0 N–H and O–H groups in total. The fourth-order valence-electron chi connectivity index (χ4n) is 5.81. The van der Waals surface area contributed by atoms with Crippen molar-refractivity contribution in [1.82, 2.24) is 0 Å². The predicted octanol–water partition coefficient (Wildman–Crippen LogP) is 7.52. The SMILES string of the molecule is CC1(OC(=O)CSCc2ccc3cc4ccccc4cc3c2)CCC2CCCCC2C1. The third kappa shape index (κ3) is 4.77. The van der Waals surface area contributed by atoms with Gasteiger partial charge in [0.15, 0.2) is 0 Å². The van der Waals surface area contributed by atoms with Crippen LogP contribution in [0.15, 0.2) is 54.6 Å². The van der Waals surface area contributed by atoms with E-state index in [0.29, 0.717) is 5.75 Å². The average Bonchev–Trinajstić information content (AvgIpc) is 2.77. The molecule has 3 heteroatoms. The van der Waals surface area contributed by atoms with Crippen LogP contribution in [0, 0.1) is 11.8 Å². The van der Waals surface area contributed by atoms with E-state index in [9.17, 15) is 4.79 Å². The van der Waals surface area contributed by atoms with Crippen LogP contribution >= 0.6 is 11.8 Å². The van der Waals surface area contributed by atoms with Crippen molar-refractivity contribution in [2.45, 2.75) is 63.2 Å². The number of benzene rings is 3. The largest absolute Gasteiger partial charge is 0.459 e. The zero-order valence-electron chi connectivity index (χ0n) is 18.4. The molecule has 2 nitrogen and oxygen atoms in total. The number of hydrogen-bond donors (Lipinski definition) is 0. The molecule has 0 saturated heterocycles. The van der Waals surface area contributed by atoms with Crippen molar-refractivity contribution in [2.75, 3.05) is 5.75 Å². The van der Waals surface area contributed by atoms with Crippen LogP contribution in [0.4, 0.5) is 0 Å². The van der Waals surface area contributed by atoms with Gasteiger partial charge in [0.2, 0.25) is 0 Å². The molecule has 5 rings (SSSR count). The fraction of sp³-hybridized carbons (Fsp3) is 0.464. The number of fused-ring (bicyclic) bond motifs is 3. The summed E-state index contributed by atoms with van der Waals surface area (Å²) in [6, 6.07) is 19.6. The second-order valence-electron chi connectivity index (χ2n) is 9.85. The van der Waals surface area contributed by atoms with Crippen molar-refractivity contribution >= 4 is 39.3 Å². The Kier molecular flexibility index (Phi) is 5.97. The van der Waals surface area contributed by atoms with Crippen molar-refractivity contribution in [3.63, 3.8) is 0 Å². The van der Waals surface area contributed by atoms with Crippen LogP contribution in [0.3, 0.4) is 0 Å². The van der Waals surface area contributed by atoms with Crippen molar-refractivity contribution in [3.8, 4) is 0 Å². The maximum Gasteiger partial charge on any atom is 0.316 e. The minimum Gasteiger partial charge on any atom is -0.459 e. The van der Waals surface area contributed by atoms with Crippen LogP contribution in [0.1, 0.15) is 57.4 Å². The molecule has 0 heterocycles. The highest BCUT2D eigenvalue weighted by Crippen LogP contribution is 2.45. The van der Waals surface area contributed by atoms with Crippen molar-refractivity contribution in [3.05, 3.63) is 60.2 Å². The zero-order chi connectivity index (χ0) is 21.3. The van der Waals surface area contributed by atoms with E-state index in [4.69, 9.17) is 4.74 Å². The van der Waals surface area contributed by atoms with Gasteiger partial charge in [0.1, 0.15) is 5.60 Å². The molecule has 3 atom stereocenters. The molecule has 0 spiro atoms. The van der Waals surface area contributed by atoms with E-state index in [1.807, 2.05) is 0 Å². The first kappa shape index (κ1) is 20.9. The Bertz CT molecular complexity index is 1090. The highest BCUT2D eigenvalue weighted by molar-refractivity contribution is 7.99. The van der Waals surface area contributed by atoms with Gasteiger partial charge in [-0.3, -0.25) is 4.79 Å². The summed E-state index contributed by atoms with van der Waals surface area (Å²) in [6.07, 6.45) is 8.76. The molecule has 2 aliphatic rings. The normalized spacial score (nSPS) is 26.0. The minimum absolute atomic E-state index is 0.0476. The molecule has 0 bridgehead atoms. The number of carbonyl (C=O) groups is 1. The van der Waals surface area contributed by atoms with Crippen LogP contribution in [0.25, 0.3) is 21.5 Å². The highest BCUT2D eigenvalue weighted by Gasteiger charge is 2.40. The molecule has 3 aromatic rings. The summed E-state index contributed by atoms with van der Waals surface area (Å²) < 4.78 is 6.02. The summed E-state index contributed by atoms with van der Waals surface area (Å²) in [5.41, 5.74) is 1.01. The number of hydrogen-bond acceptors (Lipinski definition) is 3. The molecule has 0 aromatic heterocycles. The molecule has 2 fully saturated rings. The van der Waals surface area contributed by atoms with Gasteiger partial charge >= 0.3 is 5.97 Å². The lowest BCUT2D eigenvalue weighted by Crippen LogP contribution is -2.42. The number of ether oxygens (including phenoxy) is 1. The maximum absolute atomic E-state index is 12.6. The Hall–Kier alpha value is -2.00. The van der Waals surface area contributed by atoms with Gasteiger partial charge in [-0.05, 0) is 77.3 Å². The van der Waals surface area contributed by atoms with Crippen LogP contribution in [-0.4, -0.2) is 17.3 Å². The standard InChI is InChI=1S/C28H32O2S/c1-28(13-12-21-6-2-5-9-25(21)17-28)30-27(29)19-31-18-20-10-11-24-15-22-7-3-4-8-23(22)16-26(24)14-20/h3-4,7-8,10-11,14-16,21,25H,2,5-6,9,12-13,17-19H2,1H3. The van der Waals surface area contributed by atoms with E-state index in [1.54, 1.807) is 11.8 Å². The van der Waals surface area contributed by atoms with E-state index in [2.05, 4.69) is 61.5 Å². The second-order valence-corrected chi connectivity index (χ2v) is 10.8. The summed E-state index contributed by atoms with van der Waals surface area (Å²) in [5.74, 6) is 2.86. The number of esters is 1. The molecular weight excluding hydrogens is 400 g/mol. The summed E-state index contributed by atoms with van der Waals surface area (Å²) in [7, 11) is 0. The van der Waals surface area contributed by atoms with Gasteiger partial charge < -0.3 is 4.74 Å². The van der Waals surface area contributed by atoms with E-state index in [1.165, 1.54) is 59.2 Å². The van der Waals surface area contributed by atoms with Gasteiger partial charge in [0.05, 0.1) is 5.75 Å². The molecule has 3 aromatic carbocycles. The second kappa shape index (κ2) is 8.86. The first-order chi connectivity index (χ1) is 15.1. The number of rotatable bonds is 5. The summed E-state index contributed by atoms with van der Waals surface area (Å²) >= 11 is 1.66. The molecule has 3 unspecified atom stereocenters. The monoisotopic (exact) mass is 432 g/mol.